The summed E-state index contributed by atoms with van der Waals surface area (Å²) in [5, 5.41) is 14.4. The first-order valence-electron chi connectivity index (χ1n) is 9.48. The Bertz CT molecular complexity index is 1010. The second-order valence-electron chi connectivity index (χ2n) is 7.36. The van der Waals surface area contributed by atoms with Crippen LogP contribution in [-0.4, -0.2) is 26.3 Å². The lowest BCUT2D eigenvalue weighted by Crippen LogP contribution is -2.24. The molecule has 1 N–H and O–H groups in total. The molecule has 2 aromatic heterocycles. The number of rotatable bonds is 6. The summed E-state index contributed by atoms with van der Waals surface area (Å²) in [5.74, 6) is 0.246. The molecule has 2 heterocycles. The van der Waals surface area contributed by atoms with Gasteiger partial charge < -0.3 is 0 Å². The van der Waals surface area contributed by atoms with E-state index in [1.54, 1.807) is 0 Å². The number of thioether (sulfide) groups is 1. The molecule has 7 heteroatoms. The fourth-order valence-electron chi connectivity index (χ4n) is 3.05. The van der Waals surface area contributed by atoms with E-state index in [1.807, 2.05) is 6.92 Å². The second-order valence-corrected chi connectivity index (χ2v) is 9.59. The molecular formula is C21H26N4OS2. The molecule has 0 aliphatic rings. The number of carbonyl (C=O) groups is 1. The van der Waals surface area contributed by atoms with Crippen molar-refractivity contribution in [2.45, 2.75) is 64.2 Å². The molecule has 1 atom stereocenters. The smallest absolute Gasteiger partial charge is 0.239 e. The zero-order chi connectivity index (χ0) is 20.4. The molecule has 0 fully saturated rings. The number of aryl methyl sites for hydroxylation is 3. The van der Waals surface area contributed by atoms with E-state index < -0.39 is 0 Å². The van der Waals surface area contributed by atoms with Gasteiger partial charge in [0.15, 0.2) is 0 Å². The van der Waals surface area contributed by atoms with E-state index in [9.17, 15) is 4.79 Å². The van der Waals surface area contributed by atoms with Crippen LogP contribution in [0, 0.1) is 20.8 Å². The van der Waals surface area contributed by atoms with Gasteiger partial charge in [-0.3, -0.25) is 10.1 Å². The molecule has 148 valence electrons. The highest BCUT2D eigenvalue weighted by Crippen LogP contribution is 2.31. The van der Waals surface area contributed by atoms with Crippen LogP contribution in [0.3, 0.4) is 0 Å². The number of nitrogens with one attached hydrogen (secondary N) is 1. The number of hydrogen-bond acceptors (Lipinski definition) is 6. The average Bonchev–Trinajstić information content (AvgIpc) is 3.09. The Morgan fingerprint density at radius 1 is 1.14 bits per heavy atom. The van der Waals surface area contributed by atoms with E-state index in [1.165, 1.54) is 39.6 Å². The van der Waals surface area contributed by atoms with Gasteiger partial charge in [0.05, 0.1) is 15.8 Å². The molecule has 0 spiro atoms. The third-order valence-electron chi connectivity index (χ3n) is 4.52. The van der Waals surface area contributed by atoms with Gasteiger partial charge in [-0.2, -0.15) is 0 Å². The molecule has 3 aromatic rings. The van der Waals surface area contributed by atoms with Crippen molar-refractivity contribution in [2.24, 2.45) is 0 Å². The fourth-order valence-corrected chi connectivity index (χ4v) is 4.81. The Kier molecular flexibility index (Phi) is 6.35. The average molecular weight is 415 g/mol. The van der Waals surface area contributed by atoms with Crippen molar-refractivity contribution in [1.82, 2.24) is 15.2 Å². The van der Waals surface area contributed by atoms with E-state index in [0.29, 0.717) is 17.5 Å². The number of anilines is 1. The molecule has 0 aliphatic heterocycles. The first-order chi connectivity index (χ1) is 13.3. The van der Waals surface area contributed by atoms with Gasteiger partial charge in [-0.15, -0.1) is 10.2 Å². The summed E-state index contributed by atoms with van der Waals surface area (Å²) >= 11 is 2.94. The molecule has 1 amide bonds. The van der Waals surface area contributed by atoms with Crippen LogP contribution in [-0.2, 0) is 4.79 Å². The molecule has 0 aliphatic carbocycles. The number of nitrogens with zero attached hydrogens (tertiary/aromatic N) is 3. The number of fused-ring (bicyclic) bond motifs is 1. The normalized spacial score (nSPS) is 12.5. The van der Waals surface area contributed by atoms with Crippen molar-refractivity contribution in [3.8, 4) is 0 Å². The van der Waals surface area contributed by atoms with Gasteiger partial charge in [0.2, 0.25) is 11.0 Å². The monoisotopic (exact) mass is 414 g/mol. The van der Waals surface area contributed by atoms with E-state index in [-0.39, 0.29) is 11.2 Å². The molecule has 0 saturated heterocycles. The molecule has 0 saturated carbocycles. The summed E-state index contributed by atoms with van der Waals surface area (Å²) in [5.41, 5.74) is 4.58. The lowest BCUT2D eigenvalue weighted by molar-refractivity contribution is -0.115. The van der Waals surface area contributed by atoms with Gasteiger partial charge >= 0.3 is 0 Å². The third-order valence-corrected chi connectivity index (χ3v) is 6.94. The van der Waals surface area contributed by atoms with Gasteiger partial charge in [-0.05, 0) is 50.5 Å². The Morgan fingerprint density at radius 2 is 1.89 bits per heavy atom. The van der Waals surface area contributed by atoms with E-state index in [0.717, 1.165) is 21.1 Å². The molecule has 3 rings (SSSR count). The van der Waals surface area contributed by atoms with Crippen LogP contribution < -0.4 is 5.32 Å². The van der Waals surface area contributed by atoms with E-state index >= 15 is 0 Å². The quantitative estimate of drug-likeness (QED) is 0.528. The van der Waals surface area contributed by atoms with Crippen molar-refractivity contribution in [3.05, 3.63) is 39.9 Å². The van der Waals surface area contributed by atoms with Gasteiger partial charge in [-0.25, -0.2) is 4.98 Å². The van der Waals surface area contributed by atoms with Crippen LogP contribution in [0.4, 0.5) is 5.13 Å². The Hall–Kier alpha value is -1.99. The number of benzene rings is 1. The molecule has 0 radical (unpaired) electrons. The number of carbonyl (C=O) groups excluding carboxylic acids is 1. The first kappa shape index (κ1) is 20.7. The summed E-state index contributed by atoms with van der Waals surface area (Å²) in [6, 6.07) is 6.39. The highest BCUT2D eigenvalue weighted by molar-refractivity contribution is 8.00. The number of aromatic nitrogens is 3. The summed E-state index contributed by atoms with van der Waals surface area (Å²) < 4.78 is 0. The Labute approximate surface area is 174 Å². The van der Waals surface area contributed by atoms with Crippen LogP contribution in [0.5, 0.6) is 0 Å². The van der Waals surface area contributed by atoms with Gasteiger partial charge in [-0.1, -0.05) is 55.5 Å². The summed E-state index contributed by atoms with van der Waals surface area (Å²) in [6.45, 7) is 12.4. The SMILES string of the molecule is CCC(Sc1cc(C)c2cc(C)cc(C)c2n1)C(=O)Nc1nnc(C(C)C)s1. The molecule has 28 heavy (non-hydrogen) atoms. The van der Waals surface area contributed by atoms with Gasteiger partial charge in [0.25, 0.3) is 0 Å². The van der Waals surface area contributed by atoms with E-state index in [2.05, 4.69) is 68.3 Å². The zero-order valence-electron chi connectivity index (χ0n) is 17.2. The minimum Gasteiger partial charge on any atom is -0.300 e. The van der Waals surface area contributed by atoms with Crippen molar-refractivity contribution in [2.75, 3.05) is 5.32 Å². The third kappa shape index (κ3) is 4.52. The van der Waals surface area contributed by atoms with Gasteiger partial charge in [0, 0.05) is 11.3 Å². The van der Waals surface area contributed by atoms with E-state index in [4.69, 9.17) is 4.98 Å². The maximum absolute atomic E-state index is 12.8. The topological polar surface area (TPSA) is 67.8 Å². The second kappa shape index (κ2) is 8.57. The lowest BCUT2D eigenvalue weighted by Gasteiger charge is -2.15. The molecular weight excluding hydrogens is 388 g/mol. The zero-order valence-corrected chi connectivity index (χ0v) is 18.8. The van der Waals surface area contributed by atoms with Crippen LogP contribution in [0.25, 0.3) is 10.9 Å². The van der Waals surface area contributed by atoms with Gasteiger partial charge in [0.1, 0.15) is 5.01 Å². The van der Waals surface area contributed by atoms with Crippen molar-refractivity contribution in [1.29, 1.82) is 0 Å². The maximum Gasteiger partial charge on any atom is 0.239 e. The Balaban J connectivity index is 1.80. The molecule has 0 bridgehead atoms. The van der Waals surface area contributed by atoms with Crippen molar-refractivity contribution in [3.63, 3.8) is 0 Å². The minimum atomic E-state index is -0.235. The standard InChI is InChI=1S/C21H26N4OS2/c1-7-16(19(26)23-21-25-24-20(28-21)11(2)3)27-17-10-13(5)15-9-12(4)8-14(6)18(15)22-17/h8-11,16H,7H2,1-6H3,(H,23,25,26). The van der Waals surface area contributed by atoms with Crippen molar-refractivity contribution < 1.29 is 4.79 Å². The maximum atomic E-state index is 12.8. The number of hydrogen-bond donors (Lipinski definition) is 1. The van der Waals surface area contributed by atoms with Crippen molar-refractivity contribution >= 4 is 45.0 Å². The summed E-state index contributed by atoms with van der Waals surface area (Å²) in [6.07, 6.45) is 0.706. The number of pyridine rings is 1. The highest BCUT2D eigenvalue weighted by Gasteiger charge is 2.21. The number of amides is 1. The Morgan fingerprint density at radius 3 is 2.54 bits per heavy atom. The van der Waals surface area contributed by atoms with Crippen LogP contribution in [0.15, 0.2) is 23.2 Å². The predicted octanol–water partition coefficient (Wildman–Crippen LogP) is 5.64. The predicted molar refractivity (Wildman–Crippen MR) is 119 cm³/mol. The fraction of sp³-hybridized carbons (Fsp3) is 0.429. The van der Waals surface area contributed by atoms with Crippen LogP contribution in [0.2, 0.25) is 0 Å². The summed E-state index contributed by atoms with van der Waals surface area (Å²) in [7, 11) is 0. The largest absolute Gasteiger partial charge is 0.300 e. The molecule has 5 nitrogen and oxygen atoms in total. The lowest BCUT2D eigenvalue weighted by atomic mass is 10.0. The van der Waals surface area contributed by atoms with Crippen LogP contribution >= 0.6 is 23.1 Å². The first-order valence-corrected chi connectivity index (χ1v) is 11.2. The summed E-state index contributed by atoms with van der Waals surface area (Å²) in [4.78, 5) is 17.6. The van der Waals surface area contributed by atoms with Crippen LogP contribution in [0.1, 0.15) is 54.8 Å². The molecule has 1 aromatic carbocycles. The highest BCUT2D eigenvalue weighted by atomic mass is 32.2. The minimum absolute atomic E-state index is 0.0564. The molecule has 1 unspecified atom stereocenters.